The highest BCUT2D eigenvalue weighted by Crippen LogP contribution is 2.32. The minimum atomic E-state index is 0. The summed E-state index contributed by atoms with van der Waals surface area (Å²) in [6.07, 6.45) is 3.66. The van der Waals surface area contributed by atoms with E-state index in [0.717, 1.165) is 69.4 Å². The molecule has 0 spiro atoms. The number of ether oxygens (including phenoxy) is 2. The van der Waals surface area contributed by atoms with Crippen LogP contribution in [0.4, 0.5) is 11.5 Å². The summed E-state index contributed by atoms with van der Waals surface area (Å²) in [5, 5.41) is 7.79. The summed E-state index contributed by atoms with van der Waals surface area (Å²) in [7, 11) is 0. The molecule has 1 saturated heterocycles. The number of halogens is 1. The number of fused-ring (bicyclic) bond motifs is 2. The van der Waals surface area contributed by atoms with Crippen molar-refractivity contribution in [3.8, 4) is 17.4 Å². The zero-order valence-electron chi connectivity index (χ0n) is 20.5. The van der Waals surface area contributed by atoms with Crippen LogP contribution < -0.4 is 20.1 Å². The van der Waals surface area contributed by atoms with Crippen molar-refractivity contribution in [2.75, 3.05) is 18.4 Å². The Morgan fingerprint density at radius 2 is 1.81 bits per heavy atom. The lowest BCUT2D eigenvalue weighted by Gasteiger charge is -2.23. The monoisotopic (exact) mass is 534 g/mol. The fraction of sp³-hybridized carbons (Fsp3) is 0.259. The van der Waals surface area contributed by atoms with Gasteiger partial charge >= 0.3 is 0 Å². The van der Waals surface area contributed by atoms with Gasteiger partial charge in [-0.3, -0.25) is 0 Å². The lowest BCUT2D eigenvalue weighted by Crippen LogP contribution is -2.34. The van der Waals surface area contributed by atoms with Crippen molar-refractivity contribution in [2.45, 2.75) is 32.8 Å². The van der Waals surface area contributed by atoms with Gasteiger partial charge in [0.15, 0.2) is 5.82 Å². The molecule has 4 heterocycles. The van der Waals surface area contributed by atoms with E-state index in [4.69, 9.17) is 14.5 Å². The van der Waals surface area contributed by atoms with E-state index in [9.17, 15) is 0 Å². The van der Waals surface area contributed by atoms with Crippen molar-refractivity contribution < 1.29 is 9.47 Å². The molecule has 2 aromatic carbocycles. The van der Waals surface area contributed by atoms with E-state index in [-0.39, 0.29) is 18.5 Å². The first kappa shape index (κ1) is 25.1. The Kier molecular flexibility index (Phi) is 7.36. The van der Waals surface area contributed by atoms with Crippen LogP contribution in [0.2, 0.25) is 0 Å². The van der Waals surface area contributed by atoms with Crippen molar-refractivity contribution in [1.29, 1.82) is 0 Å². The number of rotatable bonds is 6. The Hall–Kier alpha value is -3.53. The van der Waals surface area contributed by atoms with Crippen LogP contribution in [-0.2, 0) is 0 Å². The maximum atomic E-state index is 6.17. The van der Waals surface area contributed by atoms with Crippen LogP contribution in [0.1, 0.15) is 23.4 Å². The molecule has 6 rings (SSSR count). The van der Waals surface area contributed by atoms with E-state index in [0.29, 0.717) is 17.2 Å². The van der Waals surface area contributed by atoms with Crippen molar-refractivity contribution >= 4 is 56.5 Å². The average molecular weight is 535 g/mol. The third kappa shape index (κ3) is 5.58. The molecule has 0 unspecified atom stereocenters. The lowest BCUT2D eigenvalue weighted by atomic mass is 10.1. The molecule has 0 saturated carbocycles. The molecule has 0 aliphatic carbocycles. The number of pyridine rings is 1. The normalized spacial score (nSPS) is 13.9. The number of aryl methyl sites for hydroxylation is 2. The number of hydrogen-bond donors (Lipinski definition) is 2. The second-order valence-electron chi connectivity index (χ2n) is 8.88. The summed E-state index contributed by atoms with van der Waals surface area (Å²) in [6, 6.07) is 15.8. The fourth-order valence-electron chi connectivity index (χ4n) is 4.35. The highest BCUT2D eigenvalue weighted by molar-refractivity contribution is 7.18. The molecule has 0 radical (unpaired) electrons. The fourth-order valence-corrected chi connectivity index (χ4v) is 5.16. The van der Waals surface area contributed by atoms with E-state index in [1.54, 1.807) is 17.7 Å². The Labute approximate surface area is 224 Å². The molecule has 1 aliphatic rings. The number of thiazole rings is 1. The molecule has 1 aliphatic heterocycles. The van der Waals surface area contributed by atoms with E-state index in [1.165, 1.54) is 0 Å². The summed E-state index contributed by atoms with van der Waals surface area (Å²) >= 11 is 1.68. The second kappa shape index (κ2) is 10.8. The molecule has 0 atom stereocenters. The van der Waals surface area contributed by atoms with Crippen molar-refractivity contribution in [3.63, 3.8) is 0 Å². The molecule has 1 fully saturated rings. The maximum absolute atomic E-state index is 6.17. The van der Waals surface area contributed by atoms with Crippen molar-refractivity contribution in [2.24, 2.45) is 0 Å². The zero-order chi connectivity index (χ0) is 24.5. The molecule has 8 nitrogen and oxygen atoms in total. The third-order valence-electron chi connectivity index (χ3n) is 6.16. The first-order chi connectivity index (χ1) is 17.6. The summed E-state index contributed by atoms with van der Waals surface area (Å²) in [4.78, 5) is 18.1. The smallest absolute Gasteiger partial charge is 0.214 e. The van der Waals surface area contributed by atoms with Crippen LogP contribution in [0.25, 0.3) is 21.3 Å². The van der Waals surface area contributed by atoms with Gasteiger partial charge in [-0.15, -0.1) is 23.7 Å². The number of aromatic nitrogens is 4. The Morgan fingerprint density at radius 1 is 0.946 bits per heavy atom. The predicted octanol–water partition coefficient (Wildman–Crippen LogP) is 6.34. The Morgan fingerprint density at radius 3 is 2.65 bits per heavy atom. The quantitative estimate of drug-likeness (QED) is 0.260. The SMILES string of the molecule is Cc1nc2cc(Oc3ccc(Nc4ncnc5ccc(OC6CCNCC6)nc45)cc3C)ccc2s1.Cl. The van der Waals surface area contributed by atoms with E-state index in [1.807, 2.05) is 56.3 Å². The second-order valence-corrected chi connectivity index (χ2v) is 10.1. The standard InChI is InChI=1S/C27H26N6O2S.ClH/c1-16-13-18(3-6-23(16)34-20-4-7-24-22(14-20)31-17(2)36-24)32-27-26-21(29-15-30-27)5-8-25(33-26)35-19-9-11-28-12-10-19;/h3-8,13-15,19,28H,9-12H2,1-2H3,(H,29,30,32);1H. The largest absolute Gasteiger partial charge is 0.474 e. The van der Waals surface area contributed by atoms with Gasteiger partial charge in [0.05, 0.1) is 20.7 Å². The Balaban J connectivity index is 0.00000280. The molecule has 2 N–H and O–H groups in total. The average Bonchev–Trinajstić information content (AvgIpc) is 3.26. The number of benzene rings is 2. The molecule has 0 amide bonds. The van der Waals surface area contributed by atoms with Crippen molar-refractivity contribution in [3.05, 3.63) is 65.4 Å². The molecule has 5 aromatic rings. The van der Waals surface area contributed by atoms with Gasteiger partial charge < -0.3 is 20.1 Å². The predicted molar refractivity (Wildman–Crippen MR) is 150 cm³/mol. The van der Waals surface area contributed by atoms with Gasteiger partial charge in [-0.2, -0.15) is 0 Å². The molecular formula is C27H27ClN6O2S. The van der Waals surface area contributed by atoms with Crippen LogP contribution >= 0.6 is 23.7 Å². The van der Waals surface area contributed by atoms with Gasteiger partial charge in [-0.05, 0) is 81.7 Å². The molecule has 0 bridgehead atoms. The van der Waals surface area contributed by atoms with Crippen LogP contribution in [-0.4, -0.2) is 39.1 Å². The number of nitrogens with one attached hydrogen (secondary N) is 2. The van der Waals surface area contributed by atoms with E-state index < -0.39 is 0 Å². The van der Waals surface area contributed by atoms with Gasteiger partial charge in [0.25, 0.3) is 0 Å². The van der Waals surface area contributed by atoms with Gasteiger partial charge in [-0.25, -0.2) is 19.9 Å². The Bertz CT molecular complexity index is 1550. The van der Waals surface area contributed by atoms with Crippen LogP contribution in [0.3, 0.4) is 0 Å². The number of anilines is 2. The highest BCUT2D eigenvalue weighted by Gasteiger charge is 2.16. The maximum Gasteiger partial charge on any atom is 0.214 e. The number of piperidine rings is 1. The molecule has 3 aromatic heterocycles. The zero-order valence-corrected chi connectivity index (χ0v) is 22.2. The lowest BCUT2D eigenvalue weighted by molar-refractivity contribution is 0.156. The minimum Gasteiger partial charge on any atom is -0.474 e. The van der Waals surface area contributed by atoms with E-state index in [2.05, 4.69) is 31.7 Å². The summed E-state index contributed by atoms with van der Waals surface area (Å²) in [5.74, 6) is 2.78. The molecule has 10 heteroatoms. The summed E-state index contributed by atoms with van der Waals surface area (Å²) in [6.45, 7) is 5.96. The topological polar surface area (TPSA) is 94.1 Å². The molecule has 37 heavy (non-hydrogen) atoms. The molecule has 190 valence electrons. The summed E-state index contributed by atoms with van der Waals surface area (Å²) in [5.41, 5.74) is 4.27. The van der Waals surface area contributed by atoms with Gasteiger partial charge in [0, 0.05) is 17.8 Å². The van der Waals surface area contributed by atoms with Crippen LogP contribution in [0, 0.1) is 13.8 Å². The number of nitrogens with zero attached hydrogens (tertiary/aromatic N) is 4. The van der Waals surface area contributed by atoms with Gasteiger partial charge in [0.2, 0.25) is 5.88 Å². The van der Waals surface area contributed by atoms with Crippen LogP contribution in [0.15, 0.2) is 54.9 Å². The number of hydrogen-bond acceptors (Lipinski definition) is 9. The first-order valence-electron chi connectivity index (χ1n) is 12.0. The molecular weight excluding hydrogens is 508 g/mol. The van der Waals surface area contributed by atoms with Crippen LogP contribution in [0.5, 0.6) is 17.4 Å². The summed E-state index contributed by atoms with van der Waals surface area (Å²) < 4.78 is 13.5. The minimum absolute atomic E-state index is 0. The van der Waals surface area contributed by atoms with E-state index >= 15 is 0 Å². The highest BCUT2D eigenvalue weighted by atomic mass is 35.5. The van der Waals surface area contributed by atoms with Crippen molar-refractivity contribution in [1.82, 2.24) is 25.3 Å². The third-order valence-corrected chi connectivity index (χ3v) is 7.11. The van der Waals surface area contributed by atoms with Gasteiger partial charge in [-0.1, -0.05) is 0 Å². The first-order valence-corrected chi connectivity index (χ1v) is 12.8. The van der Waals surface area contributed by atoms with Gasteiger partial charge in [0.1, 0.15) is 29.4 Å².